The molecule has 1 spiro atoms. The summed E-state index contributed by atoms with van der Waals surface area (Å²) in [4.78, 5) is 30.5. The van der Waals surface area contributed by atoms with Gasteiger partial charge in [0.15, 0.2) is 0 Å². The molecule has 25 heavy (non-hydrogen) atoms. The molecule has 1 unspecified atom stereocenters. The number of thiophene rings is 1. The fourth-order valence-electron chi connectivity index (χ4n) is 4.20. The summed E-state index contributed by atoms with van der Waals surface area (Å²) in [5.74, 6) is 0.285. The summed E-state index contributed by atoms with van der Waals surface area (Å²) in [5, 5.41) is 3.06. The van der Waals surface area contributed by atoms with Crippen LogP contribution in [0.2, 0.25) is 4.34 Å². The van der Waals surface area contributed by atoms with Crippen LogP contribution in [0.15, 0.2) is 12.1 Å². The Morgan fingerprint density at radius 2 is 2.00 bits per heavy atom. The van der Waals surface area contributed by atoms with E-state index in [0.717, 1.165) is 35.0 Å². The topological polar surface area (TPSA) is 52.6 Å². The number of nitrogens with one attached hydrogen (secondary N) is 1. The first-order valence-corrected chi connectivity index (χ1v) is 10.2. The highest BCUT2D eigenvalue weighted by Gasteiger charge is 2.58. The van der Waals surface area contributed by atoms with Crippen molar-refractivity contribution in [1.82, 2.24) is 15.1 Å². The van der Waals surface area contributed by atoms with Gasteiger partial charge < -0.3 is 5.32 Å². The highest BCUT2D eigenvalue weighted by Crippen LogP contribution is 2.42. The number of nitrogens with zero attached hydrogens (tertiary/aromatic N) is 2. The van der Waals surface area contributed by atoms with Gasteiger partial charge in [-0.1, -0.05) is 38.8 Å². The summed E-state index contributed by atoms with van der Waals surface area (Å²) in [6.07, 6.45) is 3.08. The van der Waals surface area contributed by atoms with Gasteiger partial charge in [0.2, 0.25) is 0 Å². The van der Waals surface area contributed by atoms with E-state index in [1.54, 1.807) is 0 Å². The molecule has 1 aromatic rings. The summed E-state index contributed by atoms with van der Waals surface area (Å²) in [7, 11) is 0. The molecular weight excluding hydrogens is 358 g/mol. The Morgan fingerprint density at radius 1 is 1.32 bits per heavy atom. The molecule has 1 aromatic heterocycles. The number of carbonyl (C=O) groups excluding carboxylic acids is 2. The van der Waals surface area contributed by atoms with Crippen LogP contribution in [0.3, 0.4) is 0 Å². The second kappa shape index (κ2) is 7.25. The third-order valence-corrected chi connectivity index (χ3v) is 7.00. The SMILES string of the molecule is CCN(Cc1ccc(Cl)s1)CN1C(=O)NC2(C1=O)[C@H](C)CCC[C@@H]2C. The molecule has 7 heteroatoms. The summed E-state index contributed by atoms with van der Waals surface area (Å²) in [6, 6.07) is 3.62. The van der Waals surface area contributed by atoms with Crippen molar-refractivity contribution in [2.45, 2.75) is 52.1 Å². The summed E-state index contributed by atoms with van der Waals surface area (Å²) in [6.45, 7) is 7.96. The van der Waals surface area contributed by atoms with Gasteiger partial charge in [0.1, 0.15) is 5.54 Å². The minimum Gasteiger partial charge on any atom is -0.323 e. The van der Waals surface area contributed by atoms with Crippen molar-refractivity contribution >= 4 is 34.9 Å². The van der Waals surface area contributed by atoms with Gasteiger partial charge in [0.05, 0.1) is 11.0 Å². The maximum absolute atomic E-state index is 13.2. The van der Waals surface area contributed by atoms with E-state index in [4.69, 9.17) is 11.6 Å². The van der Waals surface area contributed by atoms with E-state index in [9.17, 15) is 9.59 Å². The fourth-order valence-corrected chi connectivity index (χ4v) is 5.33. The predicted octanol–water partition coefficient (Wildman–Crippen LogP) is 3.93. The highest BCUT2D eigenvalue weighted by atomic mass is 35.5. The third kappa shape index (κ3) is 3.32. The molecule has 1 N–H and O–H groups in total. The van der Waals surface area contributed by atoms with Gasteiger partial charge in [-0.05, 0) is 43.4 Å². The van der Waals surface area contributed by atoms with Crippen LogP contribution in [-0.4, -0.2) is 40.5 Å². The zero-order valence-corrected chi connectivity index (χ0v) is 16.6. The predicted molar refractivity (Wildman–Crippen MR) is 101 cm³/mol. The molecule has 2 aliphatic rings. The minimum absolute atomic E-state index is 0.0557. The largest absolute Gasteiger partial charge is 0.326 e. The average Bonchev–Trinajstić information content (AvgIpc) is 3.08. The molecule has 3 rings (SSSR count). The number of urea groups is 1. The number of rotatable bonds is 5. The number of hydrogen-bond donors (Lipinski definition) is 1. The molecule has 138 valence electrons. The van der Waals surface area contributed by atoms with E-state index in [0.29, 0.717) is 13.2 Å². The Hall–Kier alpha value is -1.11. The second-order valence-electron chi connectivity index (χ2n) is 7.26. The maximum Gasteiger partial charge on any atom is 0.326 e. The number of hydrogen-bond acceptors (Lipinski definition) is 4. The molecule has 5 nitrogen and oxygen atoms in total. The van der Waals surface area contributed by atoms with E-state index in [1.165, 1.54) is 16.2 Å². The van der Waals surface area contributed by atoms with E-state index in [-0.39, 0.29) is 23.8 Å². The molecule has 2 heterocycles. The normalized spacial score (nSPS) is 29.7. The van der Waals surface area contributed by atoms with Gasteiger partial charge >= 0.3 is 6.03 Å². The first-order valence-electron chi connectivity index (χ1n) is 8.99. The van der Waals surface area contributed by atoms with Gasteiger partial charge in [-0.2, -0.15) is 0 Å². The standard InChI is InChI=1S/C18H26ClN3O2S/c1-4-21(10-14-8-9-15(19)25-14)11-22-16(23)18(20-17(22)24)12(2)6-5-7-13(18)3/h8-9,12-13H,4-7,10-11H2,1-3H3,(H,20,24)/t12-,13+,18?. The Bertz CT molecular complexity index is 653. The Kier molecular flexibility index (Phi) is 5.42. The van der Waals surface area contributed by atoms with Crippen LogP contribution in [0.25, 0.3) is 0 Å². The summed E-state index contributed by atoms with van der Waals surface area (Å²) in [5.41, 5.74) is -0.721. The molecule has 3 amide bonds. The van der Waals surface area contributed by atoms with Crippen molar-refractivity contribution < 1.29 is 9.59 Å². The van der Waals surface area contributed by atoms with Crippen molar-refractivity contribution in [3.8, 4) is 0 Å². The van der Waals surface area contributed by atoms with Gasteiger partial charge in [-0.3, -0.25) is 9.69 Å². The Morgan fingerprint density at radius 3 is 2.56 bits per heavy atom. The molecule has 1 aliphatic carbocycles. The summed E-state index contributed by atoms with van der Waals surface area (Å²) >= 11 is 7.54. The number of carbonyl (C=O) groups is 2. The van der Waals surface area contributed by atoms with Crippen LogP contribution in [0.1, 0.15) is 44.9 Å². The molecule has 0 radical (unpaired) electrons. The lowest BCUT2D eigenvalue weighted by molar-refractivity contribution is -0.138. The van der Waals surface area contributed by atoms with Gasteiger partial charge in [0, 0.05) is 11.4 Å². The zero-order valence-electron chi connectivity index (χ0n) is 15.0. The van der Waals surface area contributed by atoms with E-state index < -0.39 is 5.54 Å². The van der Waals surface area contributed by atoms with E-state index in [2.05, 4.69) is 24.1 Å². The number of halogens is 1. The smallest absolute Gasteiger partial charge is 0.323 e. The van der Waals surface area contributed by atoms with Gasteiger partial charge in [-0.15, -0.1) is 11.3 Å². The average molecular weight is 384 g/mol. The highest BCUT2D eigenvalue weighted by molar-refractivity contribution is 7.16. The van der Waals surface area contributed by atoms with Crippen molar-refractivity contribution in [3.63, 3.8) is 0 Å². The monoisotopic (exact) mass is 383 g/mol. The first-order chi connectivity index (χ1) is 11.9. The van der Waals surface area contributed by atoms with Crippen LogP contribution in [0, 0.1) is 11.8 Å². The summed E-state index contributed by atoms with van der Waals surface area (Å²) < 4.78 is 0.754. The van der Waals surface area contributed by atoms with Crippen LogP contribution in [-0.2, 0) is 11.3 Å². The van der Waals surface area contributed by atoms with Crippen molar-refractivity contribution in [3.05, 3.63) is 21.3 Å². The lowest BCUT2D eigenvalue weighted by Crippen LogP contribution is -2.59. The van der Waals surface area contributed by atoms with Crippen LogP contribution in [0.4, 0.5) is 4.79 Å². The molecule has 1 aliphatic heterocycles. The first kappa shape index (κ1) is 18.7. The fraction of sp³-hybridized carbons (Fsp3) is 0.667. The van der Waals surface area contributed by atoms with Gasteiger partial charge in [-0.25, -0.2) is 9.69 Å². The lowest BCUT2D eigenvalue weighted by Gasteiger charge is -2.42. The van der Waals surface area contributed by atoms with E-state index >= 15 is 0 Å². The molecule has 1 saturated carbocycles. The minimum atomic E-state index is -0.721. The molecule has 3 atom stereocenters. The number of amides is 3. The van der Waals surface area contributed by atoms with Crippen LogP contribution in [0.5, 0.6) is 0 Å². The Labute approximate surface area is 158 Å². The van der Waals surface area contributed by atoms with Crippen LogP contribution >= 0.6 is 22.9 Å². The number of imide groups is 1. The molecule has 0 aromatic carbocycles. The second-order valence-corrected chi connectivity index (χ2v) is 9.06. The quantitative estimate of drug-likeness (QED) is 0.784. The molecular formula is C18H26ClN3O2S. The van der Waals surface area contributed by atoms with E-state index in [1.807, 2.05) is 19.1 Å². The zero-order chi connectivity index (χ0) is 18.2. The lowest BCUT2D eigenvalue weighted by atomic mass is 9.67. The Balaban J connectivity index is 1.75. The maximum atomic E-state index is 13.2. The molecule has 1 saturated heterocycles. The van der Waals surface area contributed by atoms with Crippen molar-refractivity contribution in [2.75, 3.05) is 13.2 Å². The molecule has 0 bridgehead atoms. The molecule has 2 fully saturated rings. The van der Waals surface area contributed by atoms with Crippen molar-refractivity contribution in [1.29, 1.82) is 0 Å². The van der Waals surface area contributed by atoms with Crippen LogP contribution < -0.4 is 5.32 Å². The third-order valence-electron chi connectivity index (χ3n) is 5.78. The van der Waals surface area contributed by atoms with Gasteiger partial charge in [0.25, 0.3) is 5.91 Å². The van der Waals surface area contributed by atoms with Crippen molar-refractivity contribution in [2.24, 2.45) is 11.8 Å².